The van der Waals surface area contributed by atoms with Crippen LogP contribution in [-0.2, 0) is 13.1 Å². The largest absolute Gasteiger partial charge is 0.388 e. The molecule has 0 aliphatic rings. The smallest absolute Gasteiger partial charge is 0.123 e. The third kappa shape index (κ3) is 3.81. The summed E-state index contributed by atoms with van der Waals surface area (Å²) in [5.41, 5.74) is 8.60. The molecule has 98 valence electrons. The zero-order valence-corrected chi connectivity index (χ0v) is 11.6. The predicted molar refractivity (Wildman–Crippen MR) is 79.5 cm³/mol. The number of nitrogens with two attached hydrogens (primary N) is 1. The first-order valence-electron chi connectivity index (χ1n) is 5.98. The zero-order chi connectivity index (χ0) is 13.7. The van der Waals surface area contributed by atoms with Crippen molar-refractivity contribution in [1.82, 2.24) is 14.9 Å². The molecule has 0 atom stereocenters. The standard InChI is InChI=1S/C14H16N4S/c1-18(9-11-4-2-6-16-8-11)10-12-5-3-7-17-13(12)14(15)19/h2-8H,9-10H2,1H3,(H2,15,19). The van der Waals surface area contributed by atoms with Crippen molar-refractivity contribution in [3.05, 3.63) is 59.7 Å². The van der Waals surface area contributed by atoms with Crippen LogP contribution in [0, 0.1) is 0 Å². The second-order valence-corrected chi connectivity index (χ2v) is 4.85. The normalized spacial score (nSPS) is 10.6. The van der Waals surface area contributed by atoms with Gasteiger partial charge in [0.2, 0.25) is 0 Å². The molecule has 2 heterocycles. The van der Waals surface area contributed by atoms with Gasteiger partial charge >= 0.3 is 0 Å². The summed E-state index contributed by atoms with van der Waals surface area (Å²) < 4.78 is 0. The third-order valence-electron chi connectivity index (χ3n) is 2.74. The lowest BCUT2D eigenvalue weighted by molar-refractivity contribution is 0.318. The molecule has 0 aliphatic heterocycles. The molecule has 0 spiro atoms. The van der Waals surface area contributed by atoms with E-state index in [2.05, 4.69) is 20.9 Å². The van der Waals surface area contributed by atoms with Crippen molar-refractivity contribution in [2.75, 3.05) is 7.05 Å². The number of aromatic nitrogens is 2. The Bertz CT molecular complexity index is 556. The SMILES string of the molecule is CN(Cc1cccnc1)Cc1cccnc1C(N)=S. The zero-order valence-electron chi connectivity index (χ0n) is 10.8. The summed E-state index contributed by atoms with van der Waals surface area (Å²) in [6, 6.07) is 7.89. The van der Waals surface area contributed by atoms with Crippen molar-refractivity contribution in [2.24, 2.45) is 5.73 Å². The van der Waals surface area contributed by atoms with Gasteiger partial charge in [0.1, 0.15) is 10.7 Å². The van der Waals surface area contributed by atoms with Gasteiger partial charge in [-0.3, -0.25) is 14.9 Å². The molecule has 0 unspecified atom stereocenters. The first kappa shape index (κ1) is 13.6. The molecular weight excluding hydrogens is 256 g/mol. The maximum absolute atomic E-state index is 5.68. The fourth-order valence-electron chi connectivity index (χ4n) is 1.94. The minimum absolute atomic E-state index is 0.338. The van der Waals surface area contributed by atoms with Gasteiger partial charge in [0, 0.05) is 31.7 Å². The maximum atomic E-state index is 5.68. The van der Waals surface area contributed by atoms with E-state index >= 15 is 0 Å². The van der Waals surface area contributed by atoms with Crippen LogP contribution < -0.4 is 5.73 Å². The Labute approximate surface area is 118 Å². The summed E-state index contributed by atoms with van der Waals surface area (Å²) in [4.78, 5) is 10.9. The van der Waals surface area contributed by atoms with E-state index in [1.165, 1.54) is 5.56 Å². The first-order chi connectivity index (χ1) is 9.16. The van der Waals surface area contributed by atoms with Gasteiger partial charge in [0.15, 0.2) is 0 Å². The first-order valence-corrected chi connectivity index (χ1v) is 6.39. The topological polar surface area (TPSA) is 55.0 Å². The van der Waals surface area contributed by atoms with Gasteiger partial charge in [-0.05, 0) is 30.3 Å². The molecule has 2 aromatic heterocycles. The number of rotatable bonds is 5. The molecule has 2 N–H and O–H groups in total. The molecule has 0 fully saturated rings. The Balaban J connectivity index is 2.07. The van der Waals surface area contributed by atoms with E-state index in [0.29, 0.717) is 10.7 Å². The molecule has 0 saturated carbocycles. The molecule has 0 aliphatic carbocycles. The minimum Gasteiger partial charge on any atom is -0.388 e. The van der Waals surface area contributed by atoms with Crippen molar-refractivity contribution in [1.29, 1.82) is 0 Å². The fourth-order valence-corrected chi connectivity index (χ4v) is 2.12. The molecule has 2 rings (SSSR count). The number of hydrogen-bond donors (Lipinski definition) is 1. The van der Waals surface area contributed by atoms with Crippen molar-refractivity contribution < 1.29 is 0 Å². The van der Waals surface area contributed by atoms with Crippen LogP contribution >= 0.6 is 12.2 Å². The Kier molecular flexibility index (Phi) is 4.54. The highest BCUT2D eigenvalue weighted by atomic mass is 32.1. The van der Waals surface area contributed by atoms with Gasteiger partial charge < -0.3 is 5.73 Å². The Hall–Kier alpha value is -1.85. The van der Waals surface area contributed by atoms with Crippen molar-refractivity contribution >= 4 is 17.2 Å². The fraction of sp³-hybridized carbons (Fsp3) is 0.214. The average Bonchev–Trinajstić information content (AvgIpc) is 2.40. The van der Waals surface area contributed by atoms with Crippen LogP contribution in [0.3, 0.4) is 0 Å². The summed E-state index contributed by atoms with van der Waals surface area (Å²) in [5, 5.41) is 0. The second-order valence-electron chi connectivity index (χ2n) is 4.41. The highest BCUT2D eigenvalue weighted by Gasteiger charge is 2.09. The average molecular weight is 272 g/mol. The highest BCUT2D eigenvalue weighted by Crippen LogP contribution is 2.10. The quantitative estimate of drug-likeness (QED) is 0.840. The second kappa shape index (κ2) is 6.36. The molecule has 0 saturated heterocycles. The van der Waals surface area contributed by atoms with E-state index in [4.69, 9.17) is 18.0 Å². The van der Waals surface area contributed by atoms with Crippen LogP contribution in [0.2, 0.25) is 0 Å². The molecule has 2 aromatic rings. The molecular formula is C14H16N4S. The molecule has 0 radical (unpaired) electrons. The van der Waals surface area contributed by atoms with E-state index in [1.807, 2.05) is 31.4 Å². The summed E-state index contributed by atoms with van der Waals surface area (Å²) >= 11 is 5.02. The van der Waals surface area contributed by atoms with Gasteiger partial charge in [-0.1, -0.05) is 24.4 Å². The van der Waals surface area contributed by atoms with Crippen LogP contribution in [-0.4, -0.2) is 26.9 Å². The molecule has 0 bridgehead atoms. The van der Waals surface area contributed by atoms with E-state index in [1.54, 1.807) is 12.4 Å². The number of nitrogens with zero attached hydrogens (tertiary/aromatic N) is 3. The Morgan fingerprint density at radius 2 is 2.05 bits per heavy atom. The van der Waals surface area contributed by atoms with Gasteiger partial charge in [-0.15, -0.1) is 0 Å². The van der Waals surface area contributed by atoms with Gasteiger partial charge in [0.05, 0.1) is 0 Å². The lowest BCUT2D eigenvalue weighted by atomic mass is 10.1. The molecule has 19 heavy (non-hydrogen) atoms. The van der Waals surface area contributed by atoms with Gasteiger partial charge in [0.25, 0.3) is 0 Å². The lowest BCUT2D eigenvalue weighted by Crippen LogP contribution is -2.21. The molecule has 0 aromatic carbocycles. The van der Waals surface area contributed by atoms with Crippen LogP contribution in [0.1, 0.15) is 16.8 Å². The predicted octanol–water partition coefficient (Wildman–Crippen LogP) is 1.74. The molecule has 0 amide bonds. The maximum Gasteiger partial charge on any atom is 0.123 e. The molecule has 4 nitrogen and oxygen atoms in total. The van der Waals surface area contributed by atoms with Crippen LogP contribution in [0.5, 0.6) is 0 Å². The lowest BCUT2D eigenvalue weighted by Gasteiger charge is -2.18. The van der Waals surface area contributed by atoms with E-state index in [0.717, 1.165) is 18.7 Å². The third-order valence-corrected chi connectivity index (χ3v) is 2.93. The summed E-state index contributed by atoms with van der Waals surface area (Å²) in [6.07, 6.45) is 5.35. The van der Waals surface area contributed by atoms with Crippen LogP contribution in [0.15, 0.2) is 42.9 Å². The summed E-state index contributed by atoms with van der Waals surface area (Å²) in [5.74, 6) is 0. The summed E-state index contributed by atoms with van der Waals surface area (Å²) in [6.45, 7) is 1.56. The van der Waals surface area contributed by atoms with Crippen molar-refractivity contribution in [3.63, 3.8) is 0 Å². The van der Waals surface area contributed by atoms with E-state index in [9.17, 15) is 0 Å². The van der Waals surface area contributed by atoms with Crippen molar-refractivity contribution in [3.8, 4) is 0 Å². The van der Waals surface area contributed by atoms with Gasteiger partial charge in [-0.2, -0.15) is 0 Å². The number of hydrogen-bond acceptors (Lipinski definition) is 4. The summed E-state index contributed by atoms with van der Waals surface area (Å²) in [7, 11) is 2.04. The molecule has 5 heteroatoms. The number of pyridine rings is 2. The Morgan fingerprint density at radius 1 is 1.26 bits per heavy atom. The monoisotopic (exact) mass is 272 g/mol. The van der Waals surface area contributed by atoms with Gasteiger partial charge in [-0.25, -0.2) is 0 Å². The van der Waals surface area contributed by atoms with E-state index < -0.39 is 0 Å². The Morgan fingerprint density at radius 3 is 2.74 bits per heavy atom. The van der Waals surface area contributed by atoms with Crippen LogP contribution in [0.4, 0.5) is 0 Å². The van der Waals surface area contributed by atoms with Crippen molar-refractivity contribution in [2.45, 2.75) is 13.1 Å². The minimum atomic E-state index is 0.338. The highest BCUT2D eigenvalue weighted by molar-refractivity contribution is 7.80. The van der Waals surface area contributed by atoms with Crippen LogP contribution in [0.25, 0.3) is 0 Å². The van der Waals surface area contributed by atoms with E-state index in [-0.39, 0.29) is 0 Å². The number of thiocarbonyl (C=S) groups is 1.